The second-order valence-electron chi connectivity index (χ2n) is 6.58. The lowest BCUT2D eigenvalue weighted by molar-refractivity contribution is -0.131. The number of fused-ring (bicyclic) bond motifs is 2. The Morgan fingerprint density at radius 2 is 1.82 bits per heavy atom. The molecule has 0 radical (unpaired) electrons. The van der Waals surface area contributed by atoms with Gasteiger partial charge in [0.25, 0.3) is 15.9 Å². The molecule has 0 saturated carbocycles. The first-order chi connectivity index (χ1) is 13.4. The summed E-state index contributed by atoms with van der Waals surface area (Å²) in [6, 6.07) is 13.2. The summed E-state index contributed by atoms with van der Waals surface area (Å²) in [5.41, 5.74) is 0.0820. The molecule has 28 heavy (non-hydrogen) atoms. The van der Waals surface area contributed by atoms with Gasteiger partial charge in [0, 0.05) is 7.05 Å². The molecule has 2 aromatic carbocycles. The van der Waals surface area contributed by atoms with Crippen LogP contribution in [0.3, 0.4) is 0 Å². The van der Waals surface area contributed by atoms with Crippen molar-refractivity contribution in [2.75, 3.05) is 26.7 Å². The van der Waals surface area contributed by atoms with Gasteiger partial charge in [-0.2, -0.15) is 0 Å². The van der Waals surface area contributed by atoms with E-state index in [2.05, 4.69) is 0 Å². The second-order valence-corrected chi connectivity index (χ2v) is 8.42. The SMILES string of the molecule is CN(CC1COc2ccccc2O1)C(=O)CN1C(=O)c2ccccc2S1(=O)=O. The zero-order valence-electron chi connectivity index (χ0n) is 15.1. The van der Waals surface area contributed by atoms with Crippen LogP contribution < -0.4 is 9.47 Å². The highest BCUT2D eigenvalue weighted by atomic mass is 32.2. The van der Waals surface area contributed by atoms with Crippen molar-refractivity contribution in [1.29, 1.82) is 0 Å². The molecule has 0 aromatic heterocycles. The summed E-state index contributed by atoms with van der Waals surface area (Å²) in [6.07, 6.45) is -0.396. The van der Waals surface area contributed by atoms with Crippen molar-refractivity contribution in [3.63, 3.8) is 0 Å². The van der Waals surface area contributed by atoms with Crippen LogP contribution in [-0.2, 0) is 14.8 Å². The number of carbonyl (C=O) groups excluding carboxylic acids is 2. The predicted molar refractivity (Wildman–Crippen MR) is 98.7 cm³/mol. The van der Waals surface area contributed by atoms with Gasteiger partial charge in [-0.05, 0) is 24.3 Å². The summed E-state index contributed by atoms with van der Waals surface area (Å²) < 4.78 is 37.2. The number of nitrogens with zero attached hydrogens (tertiary/aromatic N) is 2. The number of ether oxygens (including phenoxy) is 2. The van der Waals surface area contributed by atoms with Crippen molar-refractivity contribution in [3.8, 4) is 11.5 Å². The maximum atomic E-state index is 12.6. The fraction of sp³-hybridized carbons (Fsp3) is 0.263. The number of carbonyl (C=O) groups is 2. The summed E-state index contributed by atoms with van der Waals surface area (Å²) in [4.78, 5) is 26.3. The van der Waals surface area contributed by atoms with Crippen LogP contribution >= 0.6 is 0 Å². The highest BCUT2D eigenvalue weighted by Gasteiger charge is 2.42. The Labute approximate surface area is 162 Å². The van der Waals surface area contributed by atoms with Gasteiger partial charge in [0.15, 0.2) is 17.6 Å². The van der Waals surface area contributed by atoms with E-state index in [1.807, 2.05) is 12.1 Å². The minimum atomic E-state index is -4.02. The number of rotatable bonds is 4. The Balaban J connectivity index is 1.43. The first-order valence-electron chi connectivity index (χ1n) is 8.66. The van der Waals surface area contributed by atoms with Gasteiger partial charge in [-0.1, -0.05) is 24.3 Å². The lowest BCUT2D eigenvalue weighted by Gasteiger charge is -2.30. The van der Waals surface area contributed by atoms with Crippen LogP contribution in [0.15, 0.2) is 53.4 Å². The predicted octanol–water partition coefficient (Wildman–Crippen LogP) is 1.13. The van der Waals surface area contributed by atoms with E-state index in [1.165, 1.54) is 24.1 Å². The number of likely N-dealkylation sites (N-methyl/N-ethyl adjacent to an activating group) is 1. The van der Waals surface area contributed by atoms with Crippen molar-refractivity contribution in [2.24, 2.45) is 0 Å². The Morgan fingerprint density at radius 1 is 1.14 bits per heavy atom. The van der Waals surface area contributed by atoms with Gasteiger partial charge in [0.1, 0.15) is 18.0 Å². The largest absolute Gasteiger partial charge is 0.486 e. The number of para-hydroxylation sites is 2. The van der Waals surface area contributed by atoms with E-state index < -0.39 is 34.5 Å². The van der Waals surface area contributed by atoms with E-state index >= 15 is 0 Å². The molecule has 0 spiro atoms. The molecule has 2 amide bonds. The molecule has 9 heteroatoms. The van der Waals surface area contributed by atoms with E-state index in [4.69, 9.17) is 9.47 Å². The maximum absolute atomic E-state index is 12.6. The van der Waals surface area contributed by atoms with Gasteiger partial charge < -0.3 is 14.4 Å². The molecule has 0 bridgehead atoms. The molecule has 4 rings (SSSR count). The van der Waals surface area contributed by atoms with Crippen LogP contribution in [0, 0.1) is 0 Å². The van der Waals surface area contributed by atoms with Crippen molar-refractivity contribution < 1.29 is 27.5 Å². The van der Waals surface area contributed by atoms with Crippen molar-refractivity contribution in [3.05, 3.63) is 54.1 Å². The van der Waals surface area contributed by atoms with Crippen LogP contribution in [0.25, 0.3) is 0 Å². The fourth-order valence-corrected chi connectivity index (χ4v) is 4.71. The Kier molecular flexibility index (Phi) is 4.46. The van der Waals surface area contributed by atoms with Gasteiger partial charge >= 0.3 is 0 Å². The van der Waals surface area contributed by atoms with Gasteiger partial charge in [-0.15, -0.1) is 0 Å². The van der Waals surface area contributed by atoms with E-state index in [1.54, 1.807) is 24.3 Å². The van der Waals surface area contributed by atoms with Crippen molar-refractivity contribution in [1.82, 2.24) is 9.21 Å². The molecule has 0 N–H and O–H groups in total. The fourth-order valence-electron chi connectivity index (χ4n) is 3.19. The minimum absolute atomic E-state index is 0.0731. The number of benzene rings is 2. The zero-order chi connectivity index (χ0) is 19.9. The molecular formula is C19H18N2O6S. The van der Waals surface area contributed by atoms with Crippen molar-refractivity contribution >= 4 is 21.8 Å². The van der Waals surface area contributed by atoms with Gasteiger partial charge in [0.2, 0.25) is 5.91 Å². The average molecular weight is 402 g/mol. The lowest BCUT2D eigenvalue weighted by atomic mass is 10.2. The Hall–Kier alpha value is -3.07. The maximum Gasteiger partial charge on any atom is 0.269 e. The van der Waals surface area contributed by atoms with Gasteiger partial charge in [0.05, 0.1) is 12.1 Å². The Bertz CT molecular complexity index is 1050. The average Bonchev–Trinajstić information content (AvgIpc) is 2.89. The monoisotopic (exact) mass is 402 g/mol. The standard InChI is InChI=1S/C19H18N2O6S/c1-20(10-13-12-26-15-7-3-4-8-16(15)27-13)18(22)11-21-19(23)14-6-2-5-9-17(14)28(21,24)25/h2-9,13H,10-12H2,1H3. The third-order valence-electron chi connectivity index (χ3n) is 4.66. The molecule has 1 unspecified atom stereocenters. The summed E-state index contributed by atoms with van der Waals surface area (Å²) in [6.45, 7) is -0.0975. The number of sulfonamides is 1. The Morgan fingerprint density at radius 3 is 2.57 bits per heavy atom. The first-order valence-corrected chi connectivity index (χ1v) is 10.1. The molecule has 146 valence electrons. The van der Waals surface area contributed by atoms with Crippen LogP contribution in [0.5, 0.6) is 11.5 Å². The van der Waals surface area contributed by atoms with Crippen LogP contribution in [0.2, 0.25) is 0 Å². The number of amides is 2. The molecule has 2 aromatic rings. The van der Waals surface area contributed by atoms with Crippen LogP contribution in [-0.4, -0.2) is 62.3 Å². The molecule has 0 fully saturated rings. The molecule has 0 saturated heterocycles. The highest BCUT2D eigenvalue weighted by Crippen LogP contribution is 2.31. The summed E-state index contributed by atoms with van der Waals surface area (Å²) in [7, 11) is -2.48. The summed E-state index contributed by atoms with van der Waals surface area (Å²) >= 11 is 0. The van der Waals surface area contributed by atoms with E-state index in [9.17, 15) is 18.0 Å². The smallest absolute Gasteiger partial charge is 0.269 e. The summed E-state index contributed by atoms with van der Waals surface area (Å²) in [5, 5.41) is 0. The van der Waals surface area contributed by atoms with E-state index in [-0.39, 0.29) is 23.6 Å². The molecule has 0 aliphatic carbocycles. The van der Waals surface area contributed by atoms with Gasteiger partial charge in [-0.3, -0.25) is 9.59 Å². The van der Waals surface area contributed by atoms with Crippen molar-refractivity contribution in [2.45, 2.75) is 11.0 Å². The lowest BCUT2D eigenvalue weighted by Crippen LogP contribution is -2.46. The first kappa shape index (κ1) is 18.3. The van der Waals surface area contributed by atoms with Gasteiger partial charge in [-0.25, -0.2) is 12.7 Å². The number of hydrogen-bond acceptors (Lipinski definition) is 6. The minimum Gasteiger partial charge on any atom is -0.486 e. The third-order valence-corrected chi connectivity index (χ3v) is 6.45. The topological polar surface area (TPSA) is 93.2 Å². The normalized spacial score (nSPS) is 19.2. The highest BCUT2D eigenvalue weighted by molar-refractivity contribution is 7.90. The molecule has 2 aliphatic heterocycles. The molecular weight excluding hydrogens is 384 g/mol. The quantitative estimate of drug-likeness (QED) is 0.761. The summed E-state index contributed by atoms with van der Waals surface area (Å²) in [5.74, 6) is 0.0299. The third kappa shape index (κ3) is 3.07. The van der Waals surface area contributed by atoms with Crippen LogP contribution in [0.4, 0.5) is 0 Å². The molecule has 2 heterocycles. The second kappa shape index (κ2) is 6.83. The number of hydrogen-bond donors (Lipinski definition) is 0. The molecule has 2 aliphatic rings. The molecule has 8 nitrogen and oxygen atoms in total. The van der Waals surface area contributed by atoms with E-state index in [0.29, 0.717) is 15.8 Å². The van der Waals surface area contributed by atoms with E-state index in [0.717, 1.165) is 0 Å². The van der Waals surface area contributed by atoms with Crippen LogP contribution in [0.1, 0.15) is 10.4 Å². The zero-order valence-corrected chi connectivity index (χ0v) is 15.9. The molecule has 1 atom stereocenters.